The lowest BCUT2D eigenvalue weighted by atomic mass is 10.1. The number of nitrogens with one attached hydrogen (secondary N) is 1. The summed E-state index contributed by atoms with van der Waals surface area (Å²) in [6.07, 6.45) is -2.39. The van der Waals surface area contributed by atoms with Crippen molar-refractivity contribution in [3.8, 4) is 0 Å². The number of hydrogen-bond acceptors (Lipinski definition) is 8. The zero-order valence-electron chi connectivity index (χ0n) is 21.7. The first-order chi connectivity index (χ1) is 17.1. The van der Waals surface area contributed by atoms with E-state index in [1.165, 1.54) is 27.6 Å². The molecule has 3 aromatic rings. The van der Waals surface area contributed by atoms with E-state index in [-0.39, 0.29) is 16.7 Å². The summed E-state index contributed by atoms with van der Waals surface area (Å²) in [6.45, 7) is 12.5. The molecule has 0 aromatic carbocycles. The van der Waals surface area contributed by atoms with Crippen LogP contribution in [0.3, 0.4) is 0 Å². The van der Waals surface area contributed by atoms with Crippen molar-refractivity contribution in [1.82, 2.24) is 10.3 Å². The summed E-state index contributed by atoms with van der Waals surface area (Å²) >= 11 is 15.7. The Kier molecular flexibility index (Phi) is 9.01. The van der Waals surface area contributed by atoms with Gasteiger partial charge in [-0.1, -0.05) is 29.3 Å². The van der Waals surface area contributed by atoms with Crippen LogP contribution in [0, 0.1) is 0 Å². The molecule has 0 bridgehead atoms. The van der Waals surface area contributed by atoms with Crippen molar-refractivity contribution in [2.45, 2.75) is 78.4 Å². The van der Waals surface area contributed by atoms with Gasteiger partial charge in [0.05, 0.1) is 32.9 Å². The molecule has 0 saturated heterocycles. The molecular formula is C25H31Cl2N3O5S2. The van der Waals surface area contributed by atoms with Crippen LogP contribution in [-0.2, 0) is 16.0 Å². The number of fused-ring (bicyclic) bond motifs is 1. The highest BCUT2D eigenvalue weighted by Gasteiger charge is 2.31. The molecule has 2 N–H and O–H groups in total. The van der Waals surface area contributed by atoms with Gasteiger partial charge in [0.2, 0.25) is 0 Å². The normalized spacial score (nSPS) is 13.8. The van der Waals surface area contributed by atoms with E-state index >= 15 is 0 Å². The highest BCUT2D eigenvalue weighted by molar-refractivity contribution is 7.20. The number of amides is 2. The molecule has 3 aromatic heterocycles. The summed E-state index contributed by atoms with van der Waals surface area (Å²) in [6, 6.07) is 4.67. The van der Waals surface area contributed by atoms with Gasteiger partial charge >= 0.3 is 12.2 Å². The molecule has 0 aliphatic carbocycles. The Balaban J connectivity index is 2.03. The number of halogens is 2. The van der Waals surface area contributed by atoms with Crippen LogP contribution in [0.2, 0.25) is 10.2 Å². The third-order valence-electron chi connectivity index (χ3n) is 4.84. The standard InChI is InChI=1S/C25H31Cl2N3O5S2/c1-13(28-22(32)34-24(2,3)4)19(31)21-17(27)18-20(37-21)15(11-16(26)29-18)30(12-14-9-8-10-36-14)23(33)35-25(5,6)7/h8-11,13,19,31H,12H2,1-7H3,(H,28,32)/t13-,19?/m0/s1. The van der Waals surface area contributed by atoms with E-state index in [1.54, 1.807) is 54.5 Å². The van der Waals surface area contributed by atoms with Gasteiger partial charge in [-0.25, -0.2) is 14.6 Å². The number of aliphatic hydroxyl groups is 1. The highest BCUT2D eigenvalue weighted by atomic mass is 35.5. The number of aromatic nitrogens is 1. The van der Waals surface area contributed by atoms with Crippen molar-refractivity contribution in [3.63, 3.8) is 0 Å². The number of rotatable bonds is 6. The maximum Gasteiger partial charge on any atom is 0.415 e. The maximum absolute atomic E-state index is 13.3. The molecule has 0 saturated carbocycles. The highest BCUT2D eigenvalue weighted by Crippen LogP contribution is 2.44. The number of thiophene rings is 2. The predicted molar refractivity (Wildman–Crippen MR) is 150 cm³/mol. The minimum atomic E-state index is -1.17. The maximum atomic E-state index is 13.3. The number of ether oxygens (including phenoxy) is 2. The molecule has 1 unspecified atom stereocenters. The Morgan fingerprint density at radius 3 is 2.38 bits per heavy atom. The van der Waals surface area contributed by atoms with E-state index in [2.05, 4.69) is 10.3 Å². The van der Waals surface area contributed by atoms with Gasteiger partial charge in [-0.05, 0) is 59.9 Å². The van der Waals surface area contributed by atoms with Crippen molar-refractivity contribution in [1.29, 1.82) is 0 Å². The van der Waals surface area contributed by atoms with Crippen LogP contribution in [0.5, 0.6) is 0 Å². The number of nitrogens with zero attached hydrogens (tertiary/aromatic N) is 2. The topological polar surface area (TPSA) is 101 Å². The van der Waals surface area contributed by atoms with Gasteiger partial charge in [-0.15, -0.1) is 22.7 Å². The van der Waals surface area contributed by atoms with Gasteiger partial charge < -0.3 is 19.9 Å². The lowest BCUT2D eigenvalue weighted by Crippen LogP contribution is -2.40. The molecule has 0 fully saturated rings. The first kappa shape index (κ1) is 29.4. The molecular weight excluding hydrogens is 557 g/mol. The average Bonchev–Trinajstić information content (AvgIpc) is 3.36. The van der Waals surface area contributed by atoms with Gasteiger partial charge in [-0.2, -0.15) is 0 Å². The second kappa shape index (κ2) is 11.3. The summed E-state index contributed by atoms with van der Waals surface area (Å²) in [5, 5.41) is 16.0. The largest absolute Gasteiger partial charge is 0.444 e. The van der Waals surface area contributed by atoms with Crippen LogP contribution in [0.25, 0.3) is 10.2 Å². The van der Waals surface area contributed by atoms with E-state index in [1.807, 2.05) is 17.5 Å². The molecule has 3 heterocycles. The Hall–Kier alpha value is -2.11. The third kappa shape index (κ3) is 7.70. The summed E-state index contributed by atoms with van der Waals surface area (Å²) in [4.78, 5) is 32.7. The van der Waals surface area contributed by atoms with Crippen molar-refractivity contribution in [2.75, 3.05) is 4.90 Å². The van der Waals surface area contributed by atoms with Crippen molar-refractivity contribution >= 4 is 74.0 Å². The Morgan fingerprint density at radius 2 is 1.81 bits per heavy atom. The summed E-state index contributed by atoms with van der Waals surface area (Å²) < 4.78 is 11.5. The lowest BCUT2D eigenvalue weighted by Gasteiger charge is -2.27. The van der Waals surface area contributed by atoms with Crippen LogP contribution in [0.15, 0.2) is 23.6 Å². The third-order valence-corrected chi connectivity index (χ3v) is 7.67. The van der Waals surface area contributed by atoms with Crippen LogP contribution in [0.4, 0.5) is 15.3 Å². The molecule has 37 heavy (non-hydrogen) atoms. The fraction of sp³-hybridized carbons (Fsp3) is 0.480. The van der Waals surface area contributed by atoms with Crippen LogP contribution < -0.4 is 10.2 Å². The average molecular weight is 589 g/mol. The van der Waals surface area contributed by atoms with Gasteiger partial charge in [0, 0.05) is 10.9 Å². The van der Waals surface area contributed by atoms with E-state index < -0.39 is 35.5 Å². The Morgan fingerprint density at radius 1 is 1.16 bits per heavy atom. The Labute approximate surface area is 234 Å². The predicted octanol–water partition coefficient (Wildman–Crippen LogP) is 7.55. The minimum Gasteiger partial charge on any atom is -0.444 e. The summed E-state index contributed by atoms with van der Waals surface area (Å²) in [5.74, 6) is 0. The molecule has 8 nitrogen and oxygen atoms in total. The van der Waals surface area contributed by atoms with Crippen molar-refractivity contribution < 1.29 is 24.2 Å². The minimum absolute atomic E-state index is 0.128. The number of pyridine rings is 1. The van der Waals surface area contributed by atoms with E-state index in [0.717, 1.165) is 4.88 Å². The second-order valence-electron chi connectivity index (χ2n) is 10.4. The second-order valence-corrected chi connectivity index (χ2v) is 13.3. The lowest BCUT2D eigenvalue weighted by molar-refractivity contribution is 0.0438. The number of alkyl carbamates (subject to hydrolysis) is 1. The van der Waals surface area contributed by atoms with Crippen LogP contribution in [0.1, 0.15) is 64.3 Å². The van der Waals surface area contributed by atoms with Crippen molar-refractivity contribution in [2.24, 2.45) is 0 Å². The van der Waals surface area contributed by atoms with Gasteiger partial charge in [-0.3, -0.25) is 4.90 Å². The molecule has 0 aliphatic rings. The summed E-state index contributed by atoms with van der Waals surface area (Å²) in [7, 11) is 0. The van der Waals surface area contributed by atoms with Gasteiger partial charge in [0.1, 0.15) is 28.0 Å². The van der Waals surface area contributed by atoms with Crippen LogP contribution >= 0.6 is 45.9 Å². The number of anilines is 1. The molecule has 0 radical (unpaired) electrons. The molecule has 2 atom stereocenters. The first-order valence-electron chi connectivity index (χ1n) is 11.5. The number of carbonyl (C=O) groups excluding carboxylic acids is 2. The SMILES string of the molecule is C[C@H](NC(=O)OC(C)(C)C)C(O)c1sc2c(N(Cc3cccs3)C(=O)OC(C)(C)C)cc(Cl)nc2c1Cl. The quantitative estimate of drug-likeness (QED) is 0.289. The number of hydrogen-bond donors (Lipinski definition) is 2. The molecule has 2 amide bonds. The monoisotopic (exact) mass is 587 g/mol. The summed E-state index contributed by atoms with van der Waals surface area (Å²) in [5.41, 5.74) is -0.617. The van der Waals surface area contributed by atoms with Crippen LogP contribution in [-0.4, -0.2) is 39.5 Å². The molecule has 12 heteroatoms. The smallest absolute Gasteiger partial charge is 0.415 e. The molecule has 0 spiro atoms. The van der Waals surface area contributed by atoms with Gasteiger partial charge in [0.25, 0.3) is 0 Å². The van der Waals surface area contributed by atoms with E-state index in [9.17, 15) is 14.7 Å². The van der Waals surface area contributed by atoms with E-state index in [0.29, 0.717) is 20.8 Å². The first-order valence-corrected chi connectivity index (χ1v) is 14.0. The number of aliphatic hydroxyl groups excluding tert-OH is 1. The molecule has 3 rings (SSSR count). The van der Waals surface area contributed by atoms with E-state index in [4.69, 9.17) is 32.7 Å². The number of carbonyl (C=O) groups is 2. The Bertz CT molecular complexity index is 1270. The fourth-order valence-electron chi connectivity index (χ4n) is 3.32. The molecule has 0 aliphatic heterocycles. The van der Waals surface area contributed by atoms with Gasteiger partial charge in [0.15, 0.2) is 0 Å². The molecule has 202 valence electrons. The van der Waals surface area contributed by atoms with Crippen molar-refractivity contribution in [3.05, 3.63) is 43.5 Å². The fourth-order valence-corrected chi connectivity index (χ4v) is 5.87. The zero-order valence-corrected chi connectivity index (χ0v) is 24.9. The zero-order chi connectivity index (χ0) is 27.7.